The summed E-state index contributed by atoms with van der Waals surface area (Å²) in [6.07, 6.45) is 1.37. The molecule has 0 unspecified atom stereocenters. The molecule has 0 spiro atoms. The quantitative estimate of drug-likeness (QED) is 0.424. The van der Waals surface area contributed by atoms with E-state index in [4.69, 9.17) is 10.5 Å². The lowest BCUT2D eigenvalue weighted by molar-refractivity contribution is -0.142. The summed E-state index contributed by atoms with van der Waals surface area (Å²) in [5, 5.41) is 14.5. The monoisotopic (exact) mass is 393 g/mol. The molecule has 1 aromatic carbocycles. The molecule has 5 N–H and O–H groups in total. The normalized spacial score (nSPS) is 12.9. The van der Waals surface area contributed by atoms with Crippen molar-refractivity contribution in [3.63, 3.8) is 0 Å². The molecule has 0 saturated heterocycles. The van der Waals surface area contributed by atoms with Gasteiger partial charge in [-0.25, -0.2) is 4.79 Å². The van der Waals surface area contributed by atoms with Gasteiger partial charge in [-0.05, 0) is 30.0 Å². The maximum absolute atomic E-state index is 12.7. The summed E-state index contributed by atoms with van der Waals surface area (Å²) >= 11 is 0. The van der Waals surface area contributed by atoms with Crippen LogP contribution in [0, 0.1) is 5.92 Å². The van der Waals surface area contributed by atoms with Crippen molar-refractivity contribution < 1.29 is 24.2 Å². The Morgan fingerprint density at radius 3 is 2.36 bits per heavy atom. The minimum atomic E-state index is -1.10. The van der Waals surface area contributed by atoms with Crippen LogP contribution in [0.15, 0.2) is 18.2 Å². The van der Waals surface area contributed by atoms with E-state index in [2.05, 4.69) is 10.6 Å². The predicted molar refractivity (Wildman–Crippen MR) is 107 cm³/mol. The molecule has 156 valence electrons. The summed E-state index contributed by atoms with van der Waals surface area (Å²) in [5.41, 5.74) is 7.07. The summed E-state index contributed by atoms with van der Waals surface area (Å²) in [6, 6.07) is 3.21. The number of amides is 2. The van der Waals surface area contributed by atoms with Crippen molar-refractivity contribution in [2.75, 3.05) is 12.8 Å². The van der Waals surface area contributed by atoms with E-state index in [1.807, 2.05) is 20.8 Å². The standard InChI is InChI=1S/C20H31N3O5/c1-5-6-15(20(26)27)23-19(25)16(22-18(24)9-12(2)3)11-13-7-8-17(28-4)14(21)10-13/h7-8,10,12,15-16H,5-6,9,11,21H2,1-4H3,(H,22,24)(H,23,25)(H,26,27)/t15-,16-/m0/s1. The van der Waals surface area contributed by atoms with E-state index in [1.165, 1.54) is 7.11 Å². The maximum atomic E-state index is 12.7. The molecule has 0 aliphatic heterocycles. The van der Waals surface area contributed by atoms with E-state index >= 15 is 0 Å². The van der Waals surface area contributed by atoms with E-state index in [9.17, 15) is 19.5 Å². The Hall–Kier alpha value is -2.77. The highest BCUT2D eigenvalue weighted by Crippen LogP contribution is 2.22. The zero-order valence-electron chi connectivity index (χ0n) is 17.0. The number of nitrogen functional groups attached to an aromatic ring is 1. The van der Waals surface area contributed by atoms with Gasteiger partial charge in [0.25, 0.3) is 0 Å². The van der Waals surface area contributed by atoms with Crippen LogP contribution in [0.25, 0.3) is 0 Å². The Balaban J connectivity index is 3.00. The molecular weight excluding hydrogens is 362 g/mol. The first-order valence-electron chi connectivity index (χ1n) is 9.42. The number of nitrogens with two attached hydrogens (primary N) is 1. The van der Waals surface area contributed by atoms with Crippen LogP contribution in [0.4, 0.5) is 5.69 Å². The molecule has 8 nitrogen and oxygen atoms in total. The van der Waals surface area contributed by atoms with Crippen molar-refractivity contribution >= 4 is 23.5 Å². The van der Waals surface area contributed by atoms with E-state index in [0.29, 0.717) is 24.3 Å². The van der Waals surface area contributed by atoms with Crippen LogP contribution in [-0.2, 0) is 20.8 Å². The van der Waals surface area contributed by atoms with Crippen LogP contribution in [0.1, 0.15) is 45.6 Å². The van der Waals surface area contributed by atoms with Crippen LogP contribution in [-0.4, -0.2) is 42.1 Å². The van der Waals surface area contributed by atoms with Crippen molar-refractivity contribution in [3.8, 4) is 5.75 Å². The first kappa shape index (κ1) is 23.3. The minimum Gasteiger partial charge on any atom is -0.495 e. The fraction of sp³-hybridized carbons (Fsp3) is 0.550. The largest absolute Gasteiger partial charge is 0.495 e. The molecule has 0 aromatic heterocycles. The zero-order valence-corrected chi connectivity index (χ0v) is 17.0. The van der Waals surface area contributed by atoms with Crippen LogP contribution in [0.5, 0.6) is 5.75 Å². The molecule has 0 aliphatic carbocycles. The van der Waals surface area contributed by atoms with Gasteiger partial charge in [-0.3, -0.25) is 9.59 Å². The van der Waals surface area contributed by atoms with Gasteiger partial charge in [0, 0.05) is 12.8 Å². The number of carbonyl (C=O) groups excluding carboxylic acids is 2. The van der Waals surface area contributed by atoms with Gasteiger partial charge in [-0.15, -0.1) is 0 Å². The second kappa shape index (κ2) is 11.2. The highest BCUT2D eigenvalue weighted by Gasteiger charge is 2.26. The van der Waals surface area contributed by atoms with Crippen molar-refractivity contribution in [2.45, 2.75) is 58.5 Å². The first-order valence-corrected chi connectivity index (χ1v) is 9.42. The number of anilines is 1. The fourth-order valence-electron chi connectivity index (χ4n) is 2.80. The molecule has 0 heterocycles. The topological polar surface area (TPSA) is 131 Å². The van der Waals surface area contributed by atoms with Gasteiger partial charge in [-0.1, -0.05) is 33.3 Å². The van der Waals surface area contributed by atoms with Crippen molar-refractivity contribution in [1.82, 2.24) is 10.6 Å². The molecule has 0 radical (unpaired) electrons. The minimum absolute atomic E-state index is 0.132. The van der Waals surface area contributed by atoms with Gasteiger partial charge < -0.3 is 26.2 Å². The molecule has 0 bridgehead atoms. The second-order valence-corrected chi connectivity index (χ2v) is 7.19. The summed E-state index contributed by atoms with van der Waals surface area (Å²) in [6.45, 7) is 5.64. The zero-order chi connectivity index (χ0) is 21.3. The summed E-state index contributed by atoms with van der Waals surface area (Å²) in [7, 11) is 1.51. The van der Waals surface area contributed by atoms with E-state index in [0.717, 1.165) is 5.56 Å². The van der Waals surface area contributed by atoms with Gasteiger partial charge in [0.05, 0.1) is 12.8 Å². The average Bonchev–Trinajstić information content (AvgIpc) is 2.60. The van der Waals surface area contributed by atoms with E-state index in [1.54, 1.807) is 18.2 Å². The Bertz CT molecular complexity index is 690. The number of hydrogen-bond donors (Lipinski definition) is 4. The van der Waals surface area contributed by atoms with E-state index in [-0.39, 0.29) is 24.7 Å². The summed E-state index contributed by atoms with van der Waals surface area (Å²) < 4.78 is 5.13. The molecule has 1 rings (SSSR count). The third-order valence-corrected chi connectivity index (χ3v) is 4.17. The van der Waals surface area contributed by atoms with Crippen molar-refractivity contribution in [2.24, 2.45) is 5.92 Å². The summed E-state index contributed by atoms with van der Waals surface area (Å²) in [4.78, 5) is 36.3. The number of carboxylic acid groups (broad SMARTS) is 1. The van der Waals surface area contributed by atoms with Crippen LogP contribution in [0.3, 0.4) is 0 Å². The smallest absolute Gasteiger partial charge is 0.326 e. The fourth-order valence-corrected chi connectivity index (χ4v) is 2.80. The van der Waals surface area contributed by atoms with Crippen molar-refractivity contribution in [3.05, 3.63) is 23.8 Å². The average molecular weight is 393 g/mol. The Morgan fingerprint density at radius 1 is 1.18 bits per heavy atom. The van der Waals surface area contributed by atoms with Gasteiger partial charge in [0.15, 0.2) is 0 Å². The molecule has 2 atom stereocenters. The number of carboxylic acids is 1. The third kappa shape index (κ3) is 7.46. The Morgan fingerprint density at radius 2 is 1.86 bits per heavy atom. The lowest BCUT2D eigenvalue weighted by Crippen LogP contribution is -2.52. The lowest BCUT2D eigenvalue weighted by atomic mass is 10.0. The maximum Gasteiger partial charge on any atom is 0.326 e. The summed E-state index contributed by atoms with van der Waals surface area (Å²) in [5.74, 6) is -1.25. The first-order chi connectivity index (χ1) is 13.2. The SMILES string of the molecule is CCC[C@H](NC(=O)[C@H](Cc1ccc(OC)c(N)c1)NC(=O)CC(C)C)C(=O)O. The van der Waals surface area contributed by atoms with Gasteiger partial charge in [0.2, 0.25) is 11.8 Å². The number of carbonyl (C=O) groups is 3. The highest BCUT2D eigenvalue weighted by atomic mass is 16.5. The predicted octanol–water partition coefficient (Wildman–Crippen LogP) is 1.72. The molecule has 28 heavy (non-hydrogen) atoms. The molecule has 2 amide bonds. The van der Waals surface area contributed by atoms with Gasteiger partial charge >= 0.3 is 5.97 Å². The molecule has 0 saturated carbocycles. The number of rotatable bonds is 11. The van der Waals surface area contributed by atoms with Crippen LogP contribution in [0.2, 0.25) is 0 Å². The van der Waals surface area contributed by atoms with Crippen LogP contribution < -0.4 is 21.1 Å². The van der Waals surface area contributed by atoms with E-state index < -0.39 is 24.0 Å². The van der Waals surface area contributed by atoms with Gasteiger partial charge in [-0.2, -0.15) is 0 Å². The second-order valence-electron chi connectivity index (χ2n) is 7.19. The molecule has 1 aromatic rings. The number of benzene rings is 1. The molecular formula is C20H31N3O5. The van der Waals surface area contributed by atoms with Crippen LogP contribution >= 0.6 is 0 Å². The lowest BCUT2D eigenvalue weighted by Gasteiger charge is -2.22. The number of ether oxygens (including phenoxy) is 1. The molecule has 0 aliphatic rings. The highest BCUT2D eigenvalue weighted by molar-refractivity contribution is 5.90. The number of methoxy groups -OCH3 is 1. The van der Waals surface area contributed by atoms with Crippen molar-refractivity contribution in [1.29, 1.82) is 0 Å². The molecule has 0 fully saturated rings. The number of hydrogen-bond acceptors (Lipinski definition) is 5. The Labute approximate surface area is 165 Å². The Kier molecular flexibility index (Phi) is 9.27. The molecule has 8 heteroatoms. The number of nitrogens with one attached hydrogen (secondary N) is 2. The third-order valence-electron chi connectivity index (χ3n) is 4.17. The number of aliphatic carboxylic acids is 1. The van der Waals surface area contributed by atoms with Gasteiger partial charge in [0.1, 0.15) is 17.8 Å².